The molecule has 1 saturated heterocycles. The van der Waals surface area contributed by atoms with E-state index in [1.807, 2.05) is 0 Å². The van der Waals surface area contributed by atoms with Crippen LogP contribution in [-0.2, 0) is 9.53 Å². The SMILES string of the molecule is O=C(CCOCC(F)F)NCC[C@H]1CCCN1. The Morgan fingerprint density at radius 2 is 2.35 bits per heavy atom. The van der Waals surface area contributed by atoms with Crippen molar-refractivity contribution in [1.29, 1.82) is 0 Å². The fourth-order valence-corrected chi connectivity index (χ4v) is 1.81. The van der Waals surface area contributed by atoms with Crippen molar-refractivity contribution in [3.05, 3.63) is 0 Å². The molecule has 1 atom stereocenters. The first-order valence-corrected chi connectivity index (χ1v) is 6.04. The van der Waals surface area contributed by atoms with Crippen LogP contribution in [0.5, 0.6) is 0 Å². The number of carbonyl (C=O) groups is 1. The van der Waals surface area contributed by atoms with Crippen molar-refractivity contribution in [3.8, 4) is 0 Å². The Morgan fingerprint density at radius 3 is 3.00 bits per heavy atom. The third-order valence-corrected chi connectivity index (χ3v) is 2.69. The zero-order chi connectivity index (χ0) is 12.5. The van der Waals surface area contributed by atoms with Crippen molar-refractivity contribution >= 4 is 5.91 Å². The maximum Gasteiger partial charge on any atom is 0.261 e. The third-order valence-electron chi connectivity index (χ3n) is 2.69. The van der Waals surface area contributed by atoms with Gasteiger partial charge >= 0.3 is 0 Å². The Labute approximate surface area is 100 Å². The molecule has 6 heteroatoms. The first-order valence-electron chi connectivity index (χ1n) is 6.04. The molecule has 1 fully saturated rings. The lowest BCUT2D eigenvalue weighted by Gasteiger charge is -2.10. The summed E-state index contributed by atoms with van der Waals surface area (Å²) in [6.45, 7) is 1.14. The first kappa shape index (κ1) is 14.3. The van der Waals surface area contributed by atoms with E-state index in [2.05, 4.69) is 15.4 Å². The van der Waals surface area contributed by atoms with Crippen LogP contribution in [-0.4, -0.2) is 44.7 Å². The van der Waals surface area contributed by atoms with Gasteiger partial charge < -0.3 is 15.4 Å². The maximum absolute atomic E-state index is 11.7. The molecular weight excluding hydrogens is 230 g/mol. The summed E-state index contributed by atoms with van der Waals surface area (Å²) in [7, 11) is 0. The van der Waals surface area contributed by atoms with Crippen LogP contribution in [0.1, 0.15) is 25.7 Å². The van der Waals surface area contributed by atoms with Crippen LogP contribution in [0.3, 0.4) is 0 Å². The van der Waals surface area contributed by atoms with Crippen molar-refractivity contribution in [2.45, 2.75) is 38.2 Å². The van der Waals surface area contributed by atoms with Crippen molar-refractivity contribution < 1.29 is 18.3 Å². The van der Waals surface area contributed by atoms with E-state index in [1.165, 1.54) is 6.42 Å². The molecule has 1 rings (SSSR count). The maximum atomic E-state index is 11.7. The molecule has 0 bridgehead atoms. The highest BCUT2D eigenvalue weighted by atomic mass is 19.3. The van der Waals surface area contributed by atoms with Crippen LogP contribution >= 0.6 is 0 Å². The summed E-state index contributed by atoms with van der Waals surface area (Å²) >= 11 is 0. The van der Waals surface area contributed by atoms with Crippen molar-refractivity contribution in [3.63, 3.8) is 0 Å². The van der Waals surface area contributed by atoms with Gasteiger partial charge in [-0.1, -0.05) is 0 Å². The molecule has 0 spiro atoms. The Bertz CT molecular complexity index is 222. The van der Waals surface area contributed by atoms with E-state index < -0.39 is 13.0 Å². The van der Waals surface area contributed by atoms with E-state index in [9.17, 15) is 13.6 Å². The summed E-state index contributed by atoms with van der Waals surface area (Å²) in [6, 6.07) is 0.505. The lowest BCUT2D eigenvalue weighted by atomic mass is 10.1. The molecule has 0 aromatic carbocycles. The predicted molar refractivity (Wildman–Crippen MR) is 60.1 cm³/mol. The molecule has 1 amide bonds. The van der Waals surface area contributed by atoms with Crippen LogP contribution in [0.25, 0.3) is 0 Å². The highest BCUT2D eigenvalue weighted by Crippen LogP contribution is 2.07. The normalized spacial score (nSPS) is 19.8. The minimum absolute atomic E-state index is 0.0534. The third kappa shape index (κ3) is 7.23. The van der Waals surface area contributed by atoms with Crippen LogP contribution in [0.4, 0.5) is 8.78 Å². The highest BCUT2D eigenvalue weighted by Gasteiger charge is 2.13. The highest BCUT2D eigenvalue weighted by molar-refractivity contribution is 5.75. The molecule has 0 radical (unpaired) electrons. The zero-order valence-electron chi connectivity index (χ0n) is 9.88. The van der Waals surface area contributed by atoms with Gasteiger partial charge in [-0.25, -0.2) is 8.78 Å². The van der Waals surface area contributed by atoms with Crippen LogP contribution in [0.15, 0.2) is 0 Å². The Morgan fingerprint density at radius 1 is 1.53 bits per heavy atom. The van der Waals surface area contributed by atoms with Crippen molar-refractivity contribution in [1.82, 2.24) is 10.6 Å². The summed E-state index contributed by atoms with van der Waals surface area (Å²) in [5.41, 5.74) is 0. The second kappa shape index (κ2) is 8.36. The van der Waals surface area contributed by atoms with Gasteiger partial charge in [0.15, 0.2) is 0 Å². The number of carbonyl (C=O) groups excluding carboxylic acids is 1. The van der Waals surface area contributed by atoms with Gasteiger partial charge in [-0.3, -0.25) is 4.79 Å². The number of rotatable bonds is 8. The molecule has 1 aliphatic heterocycles. The van der Waals surface area contributed by atoms with Gasteiger partial charge in [-0.05, 0) is 25.8 Å². The largest absolute Gasteiger partial charge is 0.375 e. The predicted octanol–water partition coefficient (Wildman–Crippen LogP) is 0.916. The molecule has 0 unspecified atom stereocenters. The molecule has 0 saturated carbocycles. The van der Waals surface area contributed by atoms with E-state index in [4.69, 9.17) is 0 Å². The van der Waals surface area contributed by atoms with Gasteiger partial charge in [0.25, 0.3) is 6.43 Å². The zero-order valence-corrected chi connectivity index (χ0v) is 9.88. The molecule has 0 aliphatic carbocycles. The minimum Gasteiger partial charge on any atom is -0.375 e. The van der Waals surface area contributed by atoms with Crippen LogP contribution in [0, 0.1) is 0 Å². The van der Waals surface area contributed by atoms with E-state index in [-0.39, 0.29) is 18.9 Å². The minimum atomic E-state index is -2.47. The quantitative estimate of drug-likeness (QED) is 0.630. The van der Waals surface area contributed by atoms with E-state index in [0.29, 0.717) is 12.6 Å². The summed E-state index contributed by atoms with van der Waals surface area (Å²) in [4.78, 5) is 11.3. The second-order valence-electron chi connectivity index (χ2n) is 4.15. The van der Waals surface area contributed by atoms with E-state index >= 15 is 0 Å². The Balaban J connectivity index is 1.90. The van der Waals surface area contributed by atoms with E-state index in [0.717, 1.165) is 19.4 Å². The number of alkyl halides is 2. The number of ether oxygens (including phenoxy) is 1. The van der Waals surface area contributed by atoms with Gasteiger partial charge in [0, 0.05) is 19.0 Å². The lowest BCUT2D eigenvalue weighted by Crippen LogP contribution is -2.31. The molecule has 2 N–H and O–H groups in total. The molecule has 1 aliphatic rings. The van der Waals surface area contributed by atoms with Gasteiger partial charge in [-0.15, -0.1) is 0 Å². The molecule has 0 aromatic rings. The first-order chi connectivity index (χ1) is 8.18. The van der Waals surface area contributed by atoms with Crippen LogP contribution in [0.2, 0.25) is 0 Å². The molecule has 4 nitrogen and oxygen atoms in total. The summed E-state index contributed by atoms with van der Waals surface area (Å²) in [6.07, 6.45) is 0.952. The molecule has 1 heterocycles. The molecule has 17 heavy (non-hydrogen) atoms. The number of nitrogens with one attached hydrogen (secondary N) is 2. The van der Waals surface area contributed by atoms with Gasteiger partial charge in [0.1, 0.15) is 6.61 Å². The number of hydrogen-bond donors (Lipinski definition) is 2. The lowest BCUT2D eigenvalue weighted by molar-refractivity contribution is -0.122. The smallest absolute Gasteiger partial charge is 0.261 e. The number of amides is 1. The monoisotopic (exact) mass is 250 g/mol. The molecule has 0 aromatic heterocycles. The standard InChI is InChI=1S/C11H20F2N2O2/c12-10(13)8-17-7-4-11(16)15-6-3-9-2-1-5-14-9/h9-10,14H,1-8H2,(H,15,16)/t9-/m1/s1. The Hall–Kier alpha value is -0.750. The summed E-state index contributed by atoms with van der Waals surface area (Å²) in [5, 5.41) is 6.09. The molecule has 100 valence electrons. The summed E-state index contributed by atoms with van der Waals surface area (Å²) < 4.78 is 28.0. The number of hydrogen-bond acceptors (Lipinski definition) is 3. The average molecular weight is 250 g/mol. The van der Waals surface area contributed by atoms with Crippen molar-refractivity contribution in [2.75, 3.05) is 26.3 Å². The Kier molecular flexibility index (Phi) is 7.04. The molecular formula is C11H20F2N2O2. The fourth-order valence-electron chi connectivity index (χ4n) is 1.81. The van der Waals surface area contributed by atoms with Gasteiger partial charge in [0.2, 0.25) is 5.91 Å². The topological polar surface area (TPSA) is 50.4 Å². The summed E-state index contributed by atoms with van der Waals surface area (Å²) in [5.74, 6) is -0.141. The van der Waals surface area contributed by atoms with E-state index in [1.54, 1.807) is 0 Å². The van der Waals surface area contributed by atoms with Gasteiger partial charge in [-0.2, -0.15) is 0 Å². The second-order valence-corrected chi connectivity index (χ2v) is 4.15. The average Bonchev–Trinajstić information content (AvgIpc) is 2.77. The van der Waals surface area contributed by atoms with Crippen molar-refractivity contribution in [2.24, 2.45) is 0 Å². The van der Waals surface area contributed by atoms with Crippen LogP contribution < -0.4 is 10.6 Å². The fraction of sp³-hybridized carbons (Fsp3) is 0.909. The van der Waals surface area contributed by atoms with Gasteiger partial charge in [0.05, 0.1) is 6.61 Å². The number of halogens is 2.